The molecule has 2 heterocycles. The van der Waals surface area contributed by atoms with Gasteiger partial charge in [0.1, 0.15) is 6.04 Å². The Bertz CT molecular complexity index is 504. The molecule has 0 bridgehead atoms. The van der Waals surface area contributed by atoms with Crippen LogP contribution in [0.1, 0.15) is 24.4 Å². The fourth-order valence-electron chi connectivity index (χ4n) is 2.70. The van der Waals surface area contributed by atoms with E-state index in [0.29, 0.717) is 5.92 Å². The third-order valence-corrected chi connectivity index (χ3v) is 3.86. The van der Waals surface area contributed by atoms with E-state index in [1.807, 2.05) is 24.3 Å². The van der Waals surface area contributed by atoms with Crippen LogP contribution < -0.4 is 5.32 Å². The lowest BCUT2D eigenvalue weighted by molar-refractivity contribution is 0.261. The van der Waals surface area contributed by atoms with Crippen LogP contribution >= 0.6 is 11.6 Å². The van der Waals surface area contributed by atoms with Crippen molar-refractivity contribution in [1.29, 1.82) is 0 Å². The van der Waals surface area contributed by atoms with Gasteiger partial charge in [0.2, 0.25) is 0 Å². The van der Waals surface area contributed by atoms with Gasteiger partial charge in [0.25, 0.3) is 0 Å². The van der Waals surface area contributed by atoms with E-state index in [4.69, 9.17) is 11.6 Å². The molecule has 2 atom stereocenters. The molecule has 1 aliphatic heterocycles. The molecule has 1 fully saturated rings. The highest BCUT2D eigenvalue weighted by molar-refractivity contribution is 6.30. The number of halogens is 1. The number of benzene rings is 1. The normalized spacial score (nSPS) is 21.2. The molecular weight excluding hydrogens is 262 g/mol. The van der Waals surface area contributed by atoms with Crippen LogP contribution in [0.15, 0.2) is 30.6 Å². The van der Waals surface area contributed by atoms with Gasteiger partial charge < -0.3 is 5.32 Å². The molecule has 100 valence electrons. The van der Waals surface area contributed by atoms with Gasteiger partial charge in [-0.1, -0.05) is 23.7 Å². The summed E-state index contributed by atoms with van der Waals surface area (Å²) >= 11 is 5.96. The second kappa shape index (κ2) is 5.67. The van der Waals surface area contributed by atoms with Gasteiger partial charge in [0.05, 0.1) is 0 Å². The quantitative estimate of drug-likeness (QED) is 0.931. The summed E-state index contributed by atoms with van der Waals surface area (Å²) in [5.74, 6) is 0.476. The molecule has 0 spiro atoms. The van der Waals surface area contributed by atoms with Gasteiger partial charge in [0, 0.05) is 11.6 Å². The molecule has 1 unspecified atom stereocenters. The molecule has 0 amide bonds. The van der Waals surface area contributed by atoms with Crippen molar-refractivity contribution in [2.24, 2.45) is 5.92 Å². The van der Waals surface area contributed by atoms with Gasteiger partial charge >= 0.3 is 0 Å². The minimum Gasteiger partial charge on any atom is -0.316 e. The van der Waals surface area contributed by atoms with E-state index in [0.717, 1.165) is 18.1 Å². The summed E-state index contributed by atoms with van der Waals surface area (Å²) in [6, 6.07) is 8.04. The predicted molar refractivity (Wildman–Crippen MR) is 73.0 cm³/mol. The average Bonchev–Trinajstić information content (AvgIpc) is 2.96. The maximum absolute atomic E-state index is 5.96. The number of tetrazole rings is 1. The van der Waals surface area contributed by atoms with Crippen molar-refractivity contribution in [2.75, 3.05) is 13.1 Å². The molecule has 5 nitrogen and oxygen atoms in total. The Morgan fingerprint density at radius 2 is 2.16 bits per heavy atom. The Kier molecular flexibility index (Phi) is 3.75. The largest absolute Gasteiger partial charge is 0.316 e. The third kappa shape index (κ3) is 2.77. The minimum absolute atomic E-state index is 0.118. The molecule has 1 N–H and O–H groups in total. The lowest BCUT2D eigenvalue weighted by atomic mass is 9.87. The molecular formula is C13H16ClN5. The Labute approximate surface area is 117 Å². The van der Waals surface area contributed by atoms with E-state index < -0.39 is 0 Å². The first-order valence-corrected chi connectivity index (χ1v) is 6.91. The summed E-state index contributed by atoms with van der Waals surface area (Å²) in [6.45, 7) is 2.07. The van der Waals surface area contributed by atoms with Crippen molar-refractivity contribution < 1.29 is 0 Å². The van der Waals surface area contributed by atoms with E-state index in [2.05, 4.69) is 20.7 Å². The Morgan fingerprint density at radius 3 is 2.79 bits per heavy atom. The van der Waals surface area contributed by atoms with Crippen molar-refractivity contribution in [3.8, 4) is 0 Å². The maximum atomic E-state index is 5.96. The molecule has 2 aromatic rings. The van der Waals surface area contributed by atoms with Crippen LogP contribution in [0, 0.1) is 5.92 Å². The number of nitrogens with one attached hydrogen (secondary N) is 1. The van der Waals surface area contributed by atoms with Crippen molar-refractivity contribution in [2.45, 2.75) is 18.9 Å². The van der Waals surface area contributed by atoms with Crippen LogP contribution in [-0.2, 0) is 0 Å². The smallest absolute Gasteiger partial charge is 0.162 e. The van der Waals surface area contributed by atoms with Gasteiger partial charge in [-0.05, 0) is 48.2 Å². The Morgan fingerprint density at radius 1 is 1.32 bits per heavy atom. The van der Waals surface area contributed by atoms with Crippen LogP contribution in [0.25, 0.3) is 0 Å². The number of aromatic nitrogens is 4. The van der Waals surface area contributed by atoms with E-state index >= 15 is 0 Å². The average molecular weight is 278 g/mol. The molecule has 1 aromatic carbocycles. The van der Waals surface area contributed by atoms with Crippen molar-refractivity contribution >= 4 is 11.6 Å². The molecule has 3 rings (SSSR count). The predicted octanol–water partition coefficient (Wildman–Crippen LogP) is 1.92. The summed E-state index contributed by atoms with van der Waals surface area (Å²) < 4.78 is 0. The summed E-state index contributed by atoms with van der Waals surface area (Å²) in [6.07, 6.45) is 3.84. The van der Waals surface area contributed by atoms with Gasteiger partial charge in [-0.3, -0.25) is 0 Å². The van der Waals surface area contributed by atoms with Crippen LogP contribution in [0.5, 0.6) is 0 Å². The topological polar surface area (TPSA) is 55.6 Å². The number of hydrogen-bond donors (Lipinski definition) is 1. The minimum atomic E-state index is 0.118. The second-order valence-corrected chi connectivity index (χ2v) is 5.30. The number of hydrogen-bond acceptors (Lipinski definition) is 4. The first-order chi connectivity index (χ1) is 9.34. The Hall–Kier alpha value is -1.46. The van der Waals surface area contributed by atoms with Crippen LogP contribution in [-0.4, -0.2) is 33.3 Å². The summed E-state index contributed by atoms with van der Waals surface area (Å²) in [4.78, 5) is 1.71. The SMILES string of the molecule is Clc1ccc([C@H](C2CCCNC2)n2ncnn2)cc1. The van der Waals surface area contributed by atoms with Crippen molar-refractivity contribution in [3.05, 3.63) is 41.2 Å². The molecule has 19 heavy (non-hydrogen) atoms. The third-order valence-electron chi connectivity index (χ3n) is 3.61. The highest BCUT2D eigenvalue weighted by Crippen LogP contribution is 2.30. The molecule has 0 radical (unpaired) electrons. The standard InChI is InChI=1S/C13H16ClN5/c14-12-5-3-10(4-6-12)13(19-17-9-16-18-19)11-2-1-7-15-8-11/h3-6,9,11,13,15H,1-2,7-8H2/t11?,13-/m1/s1. The fraction of sp³-hybridized carbons (Fsp3) is 0.462. The Balaban J connectivity index is 1.93. The van der Waals surface area contributed by atoms with Crippen LogP contribution in [0.2, 0.25) is 5.02 Å². The van der Waals surface area contributed by atoms with Crippen molar-refractivity contribution in [1.82, 2.24) is 25.5 Å². The zero-order valence-corrected chi connectivity index (χ0v) is 11.3. The van der Waals surface area contributed by atoms with Gasteiger partial charge in [-0.15, -0.1) is 10.2 Å². The molecule has 0 aliphatic carbocycles. The molecule has 0 saturated carbocycles. The number of nitrogens with zero attached hydrogens (tertiary/aromatic N) is 4. The van der Waals surface area contributed by atoms with Crippen LogP contribution in [0.4, 0.5) is 0 Å². The number of piperidine rings is 1. The molecule has 6 heteroatoms. The van der Waals surface area contributed by atoms with E-state index in [1.165, 1.54) is 24.7 Å². The maximum Gasteiger partial charge on any atom is 0.162 e. The van der Waals surface area contributed by atoms with Crippen molar-refractivity contribution in [3.63, 3.8) is 0 Å². The molecule has 1 aromatic heterocycles. The zero-order chi connectivity index (χ0) is 13.1. The highest BCUT2D eigenvalue weighted by atomic mass is 35.5. The molecule has 1 aliphatic rings. The van der Waals surface area contributed by atoms with Gasteiger partial charge in [0.15, 0.2) is 6.33 Å². The molecule has 1 saturated heterocycles. The zero-order valence-electron chi connectivity index (χ0n) is 10.5. The fourth-order valence-corrected chi connectivity index (χ4v) is 2.83. The summed E-state index contributed by atoms with van der Waals surface area (Å²) in [5.41, 5.74) is 1.18. The lowest BCUT2D eigenvalue weighted by Gasteiger charge is -2.30. The monoisotopic (exact) mass is 277 g/mol. The first-order valence-electron chi connectivity index (χ1n) is 6.53. The highest BCUT2D eigenvalue weighted by Gasteiger charge is 2.28. The summed E-state index contributed by atoms with van der Waals surface area (Å²) in [7, 11) is 0. The van der Waals surface area contributed by atoms with E-state index in [-0.39, 0.29) is 6.04 Å². The van der Waals surface area contributed by atoms with Gasteiger partial charge in [-0.2, -0.15) is 4.80 Å². The number of rotatable bonds is 3. The first kappa shape index (κ1) is 12.6. The van der Waals surface area contributed by atoms with Crippen LogP contribution in [0.3, 0.4) is 0 Å². The van der Waals surface area contributed by atoms with E-state index in [1.54, 1.807) is 4.80 Å². The summed E-state index contributed by atoms with van der Waals surface area (Å²) in [5, 5.41) is 16.3. The van der Waals surface area contributed by atoms with Gasteiger partial charge in [-0.25, -0.2) is 0 Å². The van der Waals surface area contributed by atoms with E-state index in [9.17, 15) is 0 Å². The second-order valence-electron chi connectivity index (χ2n) is 4.86. The lowest BCUT2D eigenvalue weighted by Crippen LogP contribution is -2.36.